The minimum absolute atomic E-state index is 0.0325. The molecule has 300 valence electrons. The summed E-state index contributed by atoms with van der Waals surface area (Å²) in [5.74, 6) is -3.04. The van der Waals surface area contributed by atoms with Crippen LogP contribution in [0.5, 0.6) is 0 Å². The first-order valence-corrected chi connectivity index (χ1v) is 20.6. The van der Waals surface area contributed by atoms with E-state index in [1.165, 1.54) is 34.5 Å². The van der Waals surface area contributed by atoms with Gasteiger partial charge in [0.1, 0.15) is 46.7 Å². The molecule has 4 amide bonds. The van der Waals surface area contributed by atoms with Crippen LogP contribution in [-0.2, 0) is 42.2 Å². The summed E-state index contributed by atoms with van der Waals surface area (Å²) >= 11 is 0. The Bertz CT molecular complexity index is 2330. The number of sulfonamides is 1. The number of nitrogens with zero attached hydrogens (tertiary/aromatic N) is 4. The van der Waals surface area contributed by atoms with E-state index in [0.717, 1.165) is 0 Å². The zero-order valence-electron chi connectivity index (χ0n) is 30.7. The van der Waals surface area contributed by atoms with Crippen LogP contribution in [0.25, 0.3) is 0 Å². The van der Waals surface area contributed by atoms with Crippen LogP contribution in [0.15, 0.2) is 58.5 Å². The number of fused-ring (bicyclic) bond motifs is 3. The summed E-state index contributed by atoms with van der Waals surface area (Å²) in [5.41, 5.74) is -2.52. The molecule has 19 heteroatoms. The predicted octanol–water partition coefficient (Wildman–Crippen LogP) is 1.86. The monoisotopic (exact) mass is 804 g/mol. The van der Waals surface area contributed by atoms with Crippen molar-refractivity contribution in [1.82, 2.24) is 29.8 Å². The van der Waals surface area contributed by atoms with Crippen LogP contribution in [-0.4, -0.2) is 87.5 Å². The van der Waals surface area contributed by atoms with Gasteiger partial charge >= 0.3 is 6.09 Å². The molecule has 0 unspecified atom stereocenters. The number of rotatable bonds is 8. The summed E-state index contributed by atoms with van der Waals surface area (Å²) in [6.07, 6.45) is 9.58. The van der Waals surface area contributed by atoms with Crippen molar-refractivity contribution in [2.45, 2.75) is 99.9 Å². The zero-order valence-corrected chi connectivity index (χ0v) is 31.6. The number of allylic oxidation sites excluding steroid dienone is 1. The first-order chi connectivity index (χ1) is 27.3. The van der Waals surface area contributed by atoms with Crippen molar-refractivity contribution >= 4 is 51.0 Å². The van der Waals surface area contributed by atoms with E-state index in [4.69, 9.17) is 4.74 Å². The lowest BCUT2D eigenvalue weighted by atomic mass is 10.0. The molecule has 0 spiro atoms. The molecule has 8 rings (SSSR count). The van der Waals surface area contributed by atoms with E-state index in [1.54, 1.807) is 18.2 Å². The average molecular weight is 805 g/mol. The first kappa shape index (κ1) is 38.2. The Kier molecular flexibility index (Phi) is 10.0. The molecule has 5 aliphatic rings. The van der Waals surface area contributed by atoms with Crippen molar-refractivity contribution < 1.29 is 36.7 Å². The van der Waals surface area contributed by atoms with Crippen molar-refractivity contribution in [2.24, 2.45) is 5.92 Å². The van der Waals surface area contributed by atoms with Crippen LogP contribution in [0.1, 0.15) is 68.9 Å². The lowest BCUT2D eigenvalue weighted by Crippen LogP contribution is -2.57. The second kappa shape index (κ2) is 15.0. The fourth-order valence-corrected chi connectivity index (χ4v) is 9.25. The minimum Gasteiger partial charge on any atom is -0.444 e. The Morgan fingerprint density at radius 1 is 1.00 bits per heavy atom. The van der Waals surface area contributed by atoms with Crippen LogP contribution in [0.2, 0.25) is 0 Å². The molecule has 2 saturated carbocycles. The third kappa shape index (κ3) is 7.59. The van der Waals surface area contributed by atoms with E-state index >= 15 is 0 Å². The van der Waals surface area contributed by atoms with Gasteiger partial charge in [-0.3, -0.25) is 38.6 Å². The number of aromatic nitrogens is 2. The Labute approximate surface area is 326 Å². The Morgan fingerprint density at radius 2 is 1.81 bits per heavy atom. The molecule has 5 atom stereocenters. The van der Waals surface area contributed by atoms with Gasteiger partial charge in [-0.05, 0) is 50.2 Å². The largest absolute Gasteiger partial charge is 0.444 e. The normalized spacial score (nSPS) is 26.9. The maximum Gasteiger partial charge on any atom is 0.410 e. The number of nitrogens with one attached hydrogen (secondary N) is 4. The molecule has 0 bridgehead atoms. The molecule has 1 aromatic heterocycles. The van der Waals surface area contributed by atoms with Crippen molar-refractivity contribution in [1.29, 1.82) is 0 Å². The molecular weight excluding hydrogens is 764 g/mol. The van der Waals surface area contributed by atoms with Crippen molar-refractivity contribution in [3.05, 3.63) is 86.3 Å². The summed E-state index contributed by atoms with van der Waals surface area (Å²) < 4.78 is 48.2. The molecule has 2 aromatic carbocycles. The number of carbonyl (C=O) groups excluding carboxylic acids is 4. The molecule has 1 saturated heterocycles. The lowest BCUT2D eigenvalue weighted by molar-refractivity contribution is -0.140. The number of hydrogen-bond donors (Lipinski definition) is 4. The summed E-state index contributed by atoms with van der Waals surface area (Å²) in [7, 11) is -3.96. The fourth-order valence-electron chi connectivity index (χ4n) is 7.89. The van der Waals surface area contributed by atoms with Crippen LogP contribution < -0.4 is 31.5 Å². The van der Waals surface area contributed by atoms with E-state index in [-0.39, 0.29) is 56.1 Å². The van der Waals surface area contributed by atoms with Gasteiger partial charge in [-0.25, -0.2) is 22.6 Å². The van der Waals surface area contributed by atoms with Crippen molar-refractivity contribution in [3.63, 3.8) is 0 Å². The van der Waals surface area contributed by atoms with Gasteiger partial charge in [0.05, 0.1) is 24.5 Å². The third-order valence-electron chi connectivity index (χ3n) is 11.3. The molecule has 57 heavy (non-hydrogen) atoms. The maximum atomic E-state index is 14.6. The van der Waals surface area contributed by atoms with Gasteiger partial charge in [0.15, 0.2) is 0 Å². The topological polar surface area (TPSA) is 226 Å². The number of hydrogen-bond acceptors (Lipinski definition) is 13. The molecule has 0 radical (unpaired) electrons. The fraction of sp³-hybridized carbons (Fsp3) is 0.474. The van der Waals surface area contributed by atoms with Gasteiger partial charge < -0.3 is 25.6 Å². The average Bonchev–Trinajstić information content (AvgIpc) is 4.08. The second-order valence-corrected chi connectivity index (χ2v) is 17.3. The molecule has 3 aromatic rings. The van der Waals surface area contributed by atoms with Gasteiger partial charge in [0.25, 0.3) is 16.8 Å². The van der Waals surface area contributed by atoms with Gasteiger partial charge in [0, 0.05) is 36.8 Å². The highest BCUT2D eigenvalue weighted by Crippen LogP contribution is 2.46. The summed E-state index contributed by atoms with van der Waals surface area (Å²) in [4.78, 5) is 92.3. The smallest absolute Gasteiger partial charge is 0.410 e. The van der Waals surface area contributed by atoms with Crippen LogP contribution >= 0.6 is 0 Å². The van der Waals surface area contributed by atoms with Gasteiger partial charge in [-0.15, -0.1) is 0 Å². The Hall–Kier alpha value is -5.72. The molecule has 4 N–H and O–H groups in total. The molecule has 3 fully saturated rings. The highest BCUT2D eigenvalue weighted by Gasteiger charge is 2.62. The lowest BCUT2D eigenvalue weighted by Gasteiger charge is -2.30. The molecule has 3 aliphatic heterocycles. The van der Waals surface area contributed by atoms with E-state index in [0.29, 0.717) is 49.7 Å². The first-order valence-electron chi connectivity index (χ1n) is 19.0. The van der Waals surface area contributed by atoms with Gasteiger partial charge in [-0.1, -0.05) is 37.1 Å². The van der Waals surface area contributed by atoms with Gasteiger partial charge in [-0.2, -0.15) is 0 Å². The number of benzene rings is 1. The predicted molar refractivity (Wildman–Crippen MR) is 201 cm³/mol. The number of amides is 4. The quantitative estimate of drug-likeness (QED) is 0.189. The number of ether oxygens (including phenoxy) is 1. The summed E-state index contributed by atoms with van der Waals surface area (Å²) in [6, 6.07) is 2.15. The number of halogens is 1. The van der Waals surface area contributed by atoms with E-state index in [9.17, 15) is 41.6 Å². The molecular formula is C38H41FN8O9S. The zero-order chi connectivity index (χ0) is 40.1. The summed E-state index contributed by atoms with van der Waals surface area (Å²) in [6.45, 7) is -0.180. The second-order valence-electron chi connectivity index (χ2n) is 15.3. The van der Waals surface area contributed by atoms with E-state index < -0.39 is 85.4 Å². The highest BCUT2D eigenvalue weighted by atomic mass is 32.2. The van der Waals surface area contributed by atoms with Crippen molar-refractivity contribution in [3.8, 4) is 0 Å². The minimum atomic E-state index is -3.96. The van der Waals surface area contributed by atoms with Gasteiger partial charge in [0.2, 0.25) is 21.8 Å². The standard InChI is InChI=1S/C38H41FN8O9S/c39-26-9-6-7-21-18-46(20-25(21)26)37(53)56-23-15-28-34(50)44-38(36(52)45-57(54,55)24-11-12-24)16-22(38)8-4-2-1-3-5-10-27(35(51)47(28)19-23)42-30-31(33(49)32(30)48)43-29-17-40-13-14-41-29/h4,6-9,13-14,17,22-24,27-28,42H,1-3,5,10-12,15-16,18-20H2,(H,41,43)(H,44,50)(H,45,52)/b8-4-/t22-,23+,27-,28-,38+/m0/s1. The SMILES string of the molecule is O=C1N[C@]2(C(=O)NS(=O)(=O)C3CC3)C[C@@H]2/C=C\CCCCC[C@H](Nc2c(Nc3cnccn3)c(=O)c2=O)C(=O)N2C[C@H](OC(=O)N3Cc4cccc(F)c4C3)C[C@@H]12. The summed E-state index contributed by atoms with van der Waals surface area (Å²) in [5, 5.41) is 7.83. The van der Waals surface area contributed by atoms with Crippen LogP contribution in [0, 0.1) is 11.7 Å². The van der Waals surface area contributed by atoms with E-state index in [1.807, 2.05) is 6.08 Å². The number of anilines is 3. The van der Waals surface area contributed by atoms with Crippen LogP contribution in [0.3, 0.4) is 0 Å². The third-order valence-corrected chi connectivity index (χ3v) is 13.2. The molecule has 2 aliphatic carbocycles. The van der Waals surface area contributed by atoms with Crippen LogP contribution in [0.4, 0.5) is 26.4 Å². The molecule has 17 nitrogen and oxygen atoms in total. The maximum absolute atomic E-state index is 14.6. The number of carbonyl (C=O) groups is 4. The Balaban J connectivity index is 1.07. The highest BCUT2D eigenvalue weighted by molar-refractivity contribution is 7.91. The molecule has 4 heterocycles. The van der Waals surface area contributed by atoms with Crippen molar-refractivity contribution in [2.75, 3.05) is 17.2 Å². The van der Waals surface area contributed by atoms with E-state index in [2.05, 4.69) is 30.6 Å². The Morgan fingerprint density at radius 3 is 2.56 bits per heavy atom.